The third-order valence-electron chi connectivity index (χ3n) is 3.27. The van der Waals surface area contributed by atoms with E-state index >= 15 is 0 Å². The maximum atomic E-state index is 6.32. The summed E-state index contributed by atoms with van der Waals surface area (Å²) in [5, 5.41) is 4.41. The van der Waals surface area contributed by atoms with Gasteiger partial charge in [0.05, 0.1) is 0 Å². The van der Waals surface area contributed by atoms with Crippen LogP contribution in [0.4, 0.5) is 0 Å². The van der Waals surface area contributed by atoms with Crippen molar-refractivity contribution in [3.63, 3.8) is 0 Å². The average molecular weight is 297 g/mol. The monoisotopic (exact) mass is 296 g/mol. The molecule has 1 aromatic carbocycles. The third-order valence-corrected chi connectivity index (χ3v) is 3.62. The second-order valence-electron chi connectivity index (χ2n) is 6.72. The molecule has 0 spiro atoms. The summed E-state index contributed by atoms with van der Waals surface area (Å²) in [5.74, 6) is 0. The largest absolute Gasteiger partial charge is 0.310 e. The molecule has 20 heavy (non-hydrogen) atoms. The van der Waals surface area contributed by atoms with Crippen molar-refractivity contribution in [2.45, 2.75) is 40.2 Å². The van der Waals surface area contributed by atoms with Gasteiger partial charge in [-0.15, -0.1) is 0 Å². The smallest absolute Gasteiger partial charge is 0.0453 e. The molecule has 114 valence electrons. The Bertz CT molecular complexity index is 398. The fourth-order valence-corrected chi connectivity index (χ4v) is 2.88. The fraction of sp³-hybridized carbons (Fsp3) is 0.647. The van der Waals surface area contributed by atoms with Gasteiger partial charge in [0.2, 0.25) is 0 Å². The Morgan fingerprint density at radius 2 is 1.90 bits per heavy atom. The fourth-order valence-electron chi connectivity index (χ4n) is 2.61. The van der Waals surface area contributed by atoms with Gasteiger partial charge in [0.15, 0.2) is 0 Å². The Morgan fingerprint density at radius 1 is 1.25 bits per heavy atom. The number of nitrogens with zero attached hydrogens (tertiary/aromatic N) is 1. The van der Waals surface area contributed by atoms with E-state index in [1.807, 2.05) is 12.1 Å². The minimum absolute atomic E-state index is 0.330. The lowest BCUT2D eigenvalue weighted by Gasteiger charge is -2.28. The molecule has 1 N–H and O–H groups in total. The number of nitrogens with one attached hydrogen (secondary N) is 1. The van der Waals surface area contributed by atoms with Gasteiger partial charge in [0, 0.05) is 17.6 Å². The predicted molar refractivity (Wildman–Crippen MR) is 89.4 cm³/mol. The van der Waals surface area contributed by atoms with E-state index in [4.69, 9.17) is 11.6 Å². The lowest BCUT2D eigenvalue weighted by Crippen LogP contribution is -2.32. The molecule has 0 saturated carbocycles. The van der Waals surface area contributed by atoms with Gasteiger partial charge in [-0.2, -0.15) is 0 Å². The molecule has 0 saturated heterocycles. The molecule has 0 heterocycles. The van der Waals surface area contributed by atoms with E-state index in [1.54, 1.807) is 0 Å². The second-order valence-corrected chi connectivity index (χ2v) is 7.13. The Hall–Kier alpha value is -0.570. The molecule has 0 aliphatic rings. The van der Waals surface area contributed by atoms with Crippen LogP contribution in [0.5, 0.6) is 0 Å². The van der Waals surface area contributed by atoms with Crippen LogP contribution in [0.25, 0.3) is 0 Å². The molecule has 0 radical (unpaired) electrons. The molecule has 0 bridgehead atoms. The molecule has 0 aromatic heterocycles. The van der Waals surface area contributed by atoms with Gasteiger partial charge in [-0.25, -0.2) is 0 Å². The number of hydrogen-bond acceptors (Lipinski definition) is 2. The van der Waals surface area contributed by atoms with E-state index in [2.05, 4.69) is 57.1 Å². The molecular weight excluding hydrogens is 268 g/mol. The van der Waals surface area contributed by atoms with Crippen molar-refractivity contribution in [3.05, 3.63) is 34.9 Å². The van der Waals surface area contributed by atoms with Gasteiger partial charge in [-0.05, 0) is 43.6 Å². The van der Waals surface area contributed by atoms with Crippen LogP contribution in [-0.2, 0) is 0 Å². The standard InChI is InChI=1S/C17H29ClN2/c1-6-19-16(14-9-7-8-10-15(14)18)11-12-20(5)13-17(2,3)4/h7-10,16,19H,6,11-13H2,1-5H3. The molecule has 0 fully saturated rings. The molecule has 1 atom stereocenters. The van der Waals surface area contributed by atoms with Crippen molar-refractivity contribution in [3.8, 4) is 0 Å². The van der Waals surface area contributed by atoms with Gasteiger partial charge in [-0.3, -0.25) is 0 Å². The Balaban J connectivity index is 2.62. The summed E-state index contributed by atoms with van der Waals surface area (Å²) in [6, 6.07) is 8.47. The summed E-state index contributed by atoms with van der Waals surface area (Å²) in [4.78, 5) is 2.40. The highest BCUT2D eigenvalue weighted by Crippen LogP contribution is 2.25. The van der Waals surface area contributed by atoms with E-state index in [0.29, 0.717) is 11.5 Å². The van der Waals surface area contributed by atoms with Crippen LogP contribution in [0.1, 0.15) is 45.7 Å². The average Bonchev–Trinajstić information content (AvgIpc) is 2.33. The lowest BCUT2D eigenvalue weighted by molar-refractivity contribution is 0.218. The highest BCUT2D eigenvalue weighted by atomic mass is 35.5. The van der Waals surface area contributed by atoms with Crippen LogP contribution < -0.4 is 5.32 Å². The minimum Gasteiger partial charge on any atom is -0.310 e. The summed E-state index contributed by atoms with van der Waals surface area (Å²) < 4.78 is 0. The van der Waals surface area contributed by atoms with Gasteiger partial charge in [0.1, 0.15) is 0 Å². The van der Waals surface area contributed by atoms with Crippen molar-refractivity contribution in [2.24, 2.45) is 5.41 Å². The zero-order valence-corrected chi connectivity index (χ0v) is 14.3. The molecule has 1 unspecified atom stereocenters. The number of rotatable bonds is 7. The highest BCUT2D eigenvalue weighted by Gasteiger charge is 2.17. The maximum absolute atomic E-state index is 6.32. The number of benzene rings is 1. The first kappa shape index (κ1) is 17.5. The summed E-state index contributed by atoms with van der Waals surface area (Å²) in [7, 11) is 2.20. The Morgan fingerprint density at radius 3 is 2.45 bits per heavy atom. The second kappa shape index (κ2) is 8.02. The van der Waals surface area contributed by atoms with Gasteiger partial charge >= 0.3 is 0 Å². The highest BCUT2D eigenvalue weighted by molar-refractivity contribution is 6.31. The van der Waals surface area contributed by atoms with Crippen LogP contribution in [0.15, 0.2) is 24.3 Å². The Kier molecular flexibility index (Phi) is 7.01. The topological polar surface area (TPSA) is 15.3 Å². The number of halogens is 1. The summed E-state index contributed by atoms with van der Waals surface area (Å²) in [6.07, 6.45) is 1.07. The van der Waals surface area contributed by atoms with E-state index in [0.717, 1.165) is 31.1 Å². The van der Waals surface area contributed by atoms with Gasteiger partial charge < -0.3 is 10.2 Å². The predicted octanol–water partition coefficient (Wildman–Crippen LogP) is 4.36. The van der Waals surface area contributed by atoms with Crippen molar-refractivity contribution in [2.75, 3.05) is 26.7 Å². The molecule has 1 rings (SSSR count). The quantitative estimate of drug-likeness (QED) is 0.804. The SMILES string of the molecule is CCNC(CCN(C)CC(C)(C)C)c1ccccc1Cl. The van der Waals surface area contributed by atoms with Crippen LogP contribution in [-0.4, -0.2) is 31.6 Å². The van der Waals surface area contributed by atoms with Crippen LogP contribution in [0.3, 0.4) is 0 Å². The Labute approximate surface area is 129 Å². The summed E-state index contributed by atoms with van der Waals surface area (Å²) in [6.45, 7) is 12.1. The van der Waals surface area contributed by atoms with Gasteiger partial charge in [-0.1, -0.05) is 57.5 Å². The molecule has 0 aliphatic carbocycles. The van der Waals surface area contributed by atoms with Crippen molar-refractivity contribution in [1.29, 1.82) is 0 Å². The first-order valence-electron chi connectivity index (χ1n) is 7.50. The number of hydrogen-bond donors (Lipinski definition) is 1. The summed E-state index contributed by atoms with van der Waals surface area (Å²) in [5.41, 5.74) is 1.55. The molecule has 1 aromatic rings. The van der Waals surface area contributed by atoms with Crippen LogP contribution in [0.2, 0.25) is 5.02 Å². The molecular formula is C17H29ClN2. The summed E-state index contributed by atoms with van der Waals surface area (Å²) >= 11 is 6.32. The maximum Gasteiger partial charge on any atom is 0.0453 e. The third kappa shape index (κ3) is 6.25. The first-order chi connectivity index (χ1) is 9.33. The van der Waals surface area contributed by atoms with E-state index in [1.165, 1.54) is 5.56 Å². The zero-order chi connectivity index (χ0) is 15.2. The van der Waals surface area contributed by atoms with Crippen molar-refractivity contribution >= 4 is 11.6 Å². The van der Waals surface area contributed by atoms with E-state index in [9.17, 15) is 0 Å². The van der Waals surface area contributed by atoms with Crippen molar-refractivity contribution in [1.82, 2.24) is 10.2 Å². The molecule has 0 aliphatic heterocycles. The van der Waals surface area contributed by atoms with Crippen LogP contribution in [0, 0.1) is 5.41 Å². The molecule has 3 heteroatoms. The zero-order valence-electron chi connectivity index (χ0n) is 13.5. The lowest BCUT2D eigenvalue weighted by atomic mass is 9.96. The molecule has 0 amide bonds. The van der Waals surface area contributed by atoms with Crippen molar-refractivity contribution < 1.29 is 0 Å². The minimum atomic E-state index is 0.330. The van der Waals surface area contributed by atoms with E-state index < -0.39 is 0 Å². The first-order valence-corrected chi connectivity index (χ1v) is 7.87. The van der Waals surface area contributed by atoms with Gasteiger partial charge in [0.25, 0.3) is 0 Å². The normalized spacial score (nSPS) is 13.8. The molecule has 2 nitrogen and oxygen atoms in total. The van der Waals surface area contributed by atoms with Crippen LogP contribution >= 0.6 is 11.6 Å². The van der Waals surface area contributed by atoms with E-state index in [-0.39, 0.29) is 0 Å².